The molecule has 0 amide bonds. The Hall–Kier alpha value is -1.61. The SMILES string of the molecule is Cc1ccc(C(C)NC2CCCc3occc32)cc1F. The number of furan rings is 1. The third-order valence-corrected chi connectivity index (χ3v) is 4.20. The second-order valence-corrected chi connectivity index (χ2v) is 5.64. The molecule has 2 unspecified atom stereocenters. The molecule has 0 radical (unpaired) electrons. The van der Waals surface area contributed by atoms with E-state index in [0.29, 0.717) is 11.6 Å². The third-order valence-electron chi connectivity index (χ3n) is 4.20. The summed E-state index contributed by atoms with van der Waals surface area (Å²) in [6, 6.07) is 7.94. The zero-order valence-corrected chi connectivity index (χ0v) is 11.9. The fraction of sp³-hybridized carbons (Fsp3) is 0.412. The average Bonchev–Trinajstić information content (AvgIpc) is 2.91. The quantitative estimate of drug-likeness (QED) is 0.893. The minimum Gasteiger partial charge on any atom is -0.469 e. The molecular formula is C17H20FNO. The van der Waals surface area contributed by atoms with Crippen LogP contribution in [-0.4, -0.2) is 0 Å². The van der Waals surface area contributed by atoms with E-state index < -0.39 is 0 Å². The topological polar surface area (TPSA) is 25.2 Å². The van der Waals surface area contributed by atoms with Crippen molar-refractivity contribution in [2.24, 2.45) is 0 Å². The summed E-state index contributed by atoms with van der Waals surface area (Å²) in [5, 5.41) is 3.60. The van der Waals surface area contributed by atoms with Gasteiger partial charge < -0.3 is 9.73 Å². The van der Waals surface area contributed by atoms with E-state index in [-0.39, 0.29) is 11.9 Å². The van der Waals surface area contributed by atoms with E-state index in [1.807, 2.05) is 12.1 Å². The van der Waals surface area contributed by atoms with Gasteiger partial charge in [-0.15, -0.1) is 0 Å². The van der Waals surface area contributed by atoms with Crippen LogP contribution in [0.25, 0.3) is 0 Å². The first-order chi connectivity index (χ1) is 9.65. The van der Waals surface area contributed by atoms with Crippen molar-refractivity contribution in [3.8, 4) is 0 Å². The van der Waals surface area contributed by atoms with Gasteiger partial charge in [-0.2, -0.15) is 0 Å². The predicted molar refractivity (Wildman–Crippen MR) is 77.1 cm³/mol. The fourth-order valence-electron chi connectivity index (χ4n) is 2.94. The summed E-state index contributed by atoms with van der Waals surface area (Å²) in [5.41, 5.74) is 2.94. The van der Waals surface area contributed by atoms with Crippen molar-refractivity contribution in [3.63, 3.8) is 0 Å². The molecule has 1 N–H and O–H groups in total. The minimum atomic E-state index is -0.135. The maximum Gasteiger partial charge on any atom is 0.126 e. The predicted octanol–water partition coefficient (Wildman–Crippen LogP) is 4.46. The Morgan fingerprint density at radius 2 is 2.20 bits per heavy atom. The van der Waals surface area contributed by atoms with Crippen LogP contribution in [0.2, 0.25) is 0 Å². The van der Waals surface area contributed by atoms with Gasteiger partial charge in [0.1, 0.15) is 11.6 Å². The molecule has 3 rings (SSSR count). The minimum absolute atomic E-state index is 0.121. The van der Waals surface area contributed by atoms with E-state index in [4.69, 9.17) is 4.42 Å². The lowest BCUT2D eigenvalue weighted by atomic mass is 9.92. The number of aryl methyl sites for hydroxylation is 2. The monoisotopic (exact) mass is 273 g/mol. The molecule has 0 saturated heterocycles. The molecular weight excluding hydrogens is 253 g/mol. The molecule has 0 fully saturated rings. The number of halogens is 1. The molecule has 1 aromatic carbocycles. The molecule has 2 atom stereocenters. The van der Waals surface area contributed by atoms with Crippen molar-refractivity contribution in [1.29, 1.82) is 0 Å². The van der Waals surface area contributed by atoms with Crippen molar-refractivity contribution in [3.05, 3.63) is 58.8 Å². The van der Waals surface area contributed by atoms with Crippen molar-refractivity contribution in [2.45, 2.75) is 45.2 Å². The van der Waals surface area contributed by atoms with Crippen LogP contribution in [0.3, 0.4) is 0 Å². The van der Waals surface area contributed by atoms with Crippen LogP contribution < -0.4 is 5.32 Å². The molecule has 3 heteroatoms. The van der Waals surface area contributed by atoms with E-state index in [9.17, 15) is 4.39 Å². The van der Waals surface area contributed by atoms with Crippen LogP contribution in [0.4, 0.5) is 4.39 Å². The lowest BCUT2D eigenvalue weighted by Gasteiger charge is -2.26. The summed E-state index contributed by atoms with van der Waals surface area (Å²) < 4.78 is 19.2. The highest BCUT2D eigenvalue weighted by atomic mass is 19.1. The first-order valence-corrected chi connectivity index (χ1v) is 7.23. The highest BCUT2D eigenvalue weighted by Crippen LogP contribution is 2.32. The Bertz CT molecular complexity index is 605. The Morgan fingerprint density at radius 3 is 3.00 bits per heavy atom. The summed E-state index contributed by atoms with van der Waals surface area (Å²) in [7, 11) is 0. The van der Waals surface area contributed by atoms with Gasteiger partial charge in [-0.1, -0.05) is 12.1 Å². The first kappa shape index (κ1) is 13.4. The molecule has 0 spiro atoms. The van der Waals surface area contributed by atoms with Crippen molar-refractivity contribution in [1.82, 2.24) is 5.32 Å². The molecule has 1 aliphatic rings. The van der Waals surface area contributed by atoms with Gasteiger partial charge in [-0.25, -0.2) is 4.39 Å². The molecule has 2 nitrogen and oxygen atoms in total. The number of fused-ring (bicyclic) bond motifs is 1. The summed E-state index contributed by atoms with van der Waals surface area (Å²) in [6.07, 6.45) is 5.02. The number of hydrogen-bond donors (Lipinski definition) is 1. The second kappa shape index (κ2) is 5.41. The second-order valence-electron chi connectivity index (χ2n) is 5.64. The summed E-state index contributed by atoms with van der Waals surface area (Å²) >= 11 is 0. The molecule has 1 aliphatic carbocycles. The van der Waals surface area contributed by atoms with Crippen LogP contribution in [0.1, 0.15) is 54.3 Å². The molecule has 106 valence electrons. The molecule has 0 saturated carbocycles. The number of benzene rings is 1. The average molecular weight is 273 g/mol. The highest BCUT2D eigenvalue weighted by Gasteiger charge is 2.24. The van der Waals surface area contributed by atoms with Gasteiger partial charge in [-0.3, -0.25) is 0 Å². The van der Waals surface area contributed by atoms with Gasteiger partial charge in [0.15, 0.2) is 0 Å². The van der Waals surface area contributed by atoms with Crippen molar-refractivity contribution < 1.29 is 8.81 Å². The standard InChI is InChI=1S/C17H20FNO/c1-11-6-7-13(10-15(11)18)12(2)19-16-4-3-5-17-14(16)8-9-20-17/h6-10,12,16,19H,3-5H2,1-2H3. The molecule has 2 aromatic rings. The first-order valence-electron chi connectivity index (χ1n) is 7.23. The maximum atomic E-state index is 13.7. The molecule has 0 bridgehead atoms. The van der Waals surface area contributed by atoms with Crippen LogP contribution in [0.5, 0.6) is 0 Å². The Labute approximate surface area is 119 Å². The van der Waals surface area contributed by atoms with Crippen molar-refractivity contribution >= 4 is 0 Å². The van der Waals surface area contributed by atoms with Gasteiger partial charge in [0.2, 0.25) is 0 Å². The fourth-order valence-corrected chi connectivity index (χ4v) is 2.94. The zero-order valence-electron chi connectivity index (χ0n) is 11.9. The van der Waals surface area contributed by atoms with Gasteiger partial charge in [0.25, 0.3) is 0 Å². The molecule has 1 aromatic heterocycles. The zero-order chi connectivity index (χ0) is 14.1. The van der Waals surface area contributed by atoms with Crippen molar-refractivity contribution in [2.75, 3.05) is 0 Å². The maximum absolute atomic E-state index is 13.7. The Morgan fingerprint density at radius 1 is 1.35 bits per heavy atom. The third kappa shape index (κ3) is 2.50. The molecule has 0 aliphatic heterocycles. The van der Waals surface area contributed by atoms with Crippen LogP contribution in [0, 0.1) is 12.7 Å². The van der Waals surface area contributed by atoms with Gasteiger partial charge in [-0.05, 0) is 49.9 Å². The van der Waals surface area contributed by atoms with Crippen LogP contribution >= 0.6 is 0 Å². The Balaban J connectivity index is 1.77. The normalized spacial score (nSPS) is 19.6. The summed E-state index contributed by atoms with van der Waals surface area (Å²) in [5.74, 6) is 0.958. The number of rotatable bonds is 3. The van der Waals surface area contributed by atoms with Crippen LogP contribution in [0.15, 0.2) is 34.9 Å². The highest BCUT2D eigenvalue weighted by molar-refractivity contribution is 5.28. The molecule has 1 heterocycles. The largest absolute Gasteiger partial charge is 0.469 e. The molecule has 20 heavy (non-hydrogen) atoms. The number of hydrogen-bond acceptors (Lipinski definition) is 2. The lowest BCUT2D eigenvalue weighted by molar-refractivity contribution is 0.385. The van der Waals surface area contributed by atoms with Crippen LogP contribution in [-0.2, 0) is 6.42 Å². The van der Waals surface area contributed by atoms with E-state index in [0.717, 1.165) is 30.6 Å². The van der Waals surface area contributed by atoms with Gasteiger partial charge in [0.05, 0.1) is 6.26 Å². The summed E-state index contributed by atoms with van der Waals surface area (Å²) in [4.78, 5) is 0. The van der Waals surface area contributed by atoms with E-state index in [1.165, 1.54) is 5.56 Å². The summed E-state index contributed by atoms with van der Waals surface area (Å²) in [6.45, 7) is 3.87. The Kier molecular flexibility index (Phi) is 3.62. The van der Waals surface area contributed by atoms with Gasteiger partial charge >= 0.3 is 0 Å². The van der Waals surface area contributed by atoms with E-state index >= 15 is 0 Å². The van der Waals surface area contributed by atoms with E-state index in [1.54, 1.807) is 19.3 Å². The lowest BCUT2D eigenvalue weighted by Crippen LogP contribution is -2.27. The number of nitrogens with one attached hydrogen (secondary N) is 1. The van der Waals surface area contributed by atoms with E-state index in [2.05, 4.69) is 18.3 Å². The smallest absolute Gasteiger partial charge is 0.126 e. The van der Waals surface area contributed by atoms with Gasteiger partial charge in [0, 0.05) is 24.1 Å².